The molecule has 2 aromatic rings. The number of nitrogens with zero attached hydrogens (tertiary/aromatic N) is 2. The number of benzene rings is 1. The summed E-state index contributed by atoms with van der Waals surface area (Å²) in [7, 11) is -3.31. The molecular weight excluding hydrogens is 456 g/mol. The molecule has 8 heteroatoms. The van der Waals surface area contributed by atoms with E-state index in [9.17, 15) is 18.0 Å². The van der Waals surface area contributed by atoms with Gasteiger partial charge in [-0.3, -0.25) is 9.59 Å². The third-order valence-corrected chi connectivity index (χ3v) is 10.2. The topological polar surface area (TPSA) is 105 Å². The summed E-state index contributed by atoms with van der Waals surface area (Å²) in [5, 5.41) is 11.0. The van der Waals surface area contributed by atoms with Crippen molar-refractivity contribution in [3.8, 4) is 6.07 Å². The molecule has 0 amide bonds. The van der Waals surface area contributed by atoms with Gasteiger partial charge in [0.15, 0.2) is 15.5 Å². The number of Topliss-reactive ketones (excluding diaryl/α,β-unsaturated/α-hetero) is 2. The first-order chi connectivity index (χ1) is 15.8. The van der Waals surface area contributed by atoms with Gasteiger partial charge in [-0.15, -0.1) is 11.3 Å². The first kappa shape index (κ1) is 22.4. The van der Waals surface area contributed by atoms with Crippen molar-refractivity contribution in [3.05, 3.63) is 45.4 Å². The Balaban J connectivity index is 1.47. The molecule has 172 valence electrons. The summed E-state index contributed by atoms with van der Waals surface area (Å²) >= 11 is 1.30. The zero-order valence-corrected chi connectivity index (χ0v) is 20.0. The van der Waals surface area contributed by atoms with Crippen LogP contribution in [0.15, 0.2) is 28.5 Å². The predicted molar refractivity (Wildman–Crippen MR) is 124 cm³/mol. The number of aromatic nitrogens is 1. The van der Waals surface area contributed by atoms with Gasteiger partial charge in [0.25, 0.3) is 0 Å². The number of ketones is 2. The molecule has 0 aliphatic heterocycles. The maximum absolute atomic E-state index is 13.5. The minimum absolute atomic E-state index is 0.00716. The molecule has 3 aliphatic rings. The van der Waals surface area contributed by atoms with Gasteiger partial charge in [0, 0.05) is 24.1 Å². The second-order valence-corrected chi connectivity index (χ2v) is 12.8. The van der Waals surface area contributed by atoms with Gasteiger partial charge >= 0.3 is 0 Å². The lowest BCUT2D eigenvalue weighted by molar-refractivity contribution is -0.121. The number of carbonyl (C=O) groups is 2. The molecule has 2 atom stereocenters. The molecule has 0 saturated heterocycles. The Kier molecular flexibility index (Phi) is 5.96. The van der Waals surface area contributed by atoms with Gasteiger partial charge in [-0.1, -0.05) is 12.1 Å². The Morgan fingerprint density at radius 3 is 2.61 bits per heavy atom. The molecule has 3 saturated carbocycles. The van der Waals surface area contributed by atoms with E-state index in [0.717, 1.165) is 43.2 Å². The number of thiazole rings is 1. The maximum atomic E-state index is 13.5. The van der Waals surface area contributed by atoms with E-state index in [1.54, 1.807) is 11.4 Å². The highest BCUT2D eigenvalue weighted by atomic mass is 32.2. The maximum Gasteiger partial charge on any atom is 0.181 e. The normalized spacial score (nSPS) is 21.7. The third kappa shape index (κ3) is 4.80. The fraction of sp³-hybridized carbons (Fsp3) is 0.520. The summed E-state index contributed by atoms with van der Waals surface area (Å²) in [4.78, 5) is 30.0. The molecular formula is C25H26N2O4S2. The van der Waals surface area contributed by atoms with E-state index in [1.807, 2.05) is 18.2 Å². The molecule has 6 nitrogen and oxygen atoms in total. The van der Waals surface area contributed by atoms with Crippen LogP contribution >= 0.6 is 11.3 Å². The number of sulfone groups is 1. The van der Waals surface area contributed by atoms with Crippen molar-refractivity contribution in [1.29, 1.82) is 5.26 Å². The Morgan fingerprint density at radius 1 is 1.21 bits per heavy atom. The average Bonchev–Trinajstić information content (AvgIpc) is 3.72. The van der Waals surface area contributed by atoms with Crippen LogP contribution < -0.4 is 0 Å². The lowest BCUT2D eigenvalue weighted by atomic mass is 9.83. The molecule has 33 heavy (non-hydrogen) atoms. The Bertz CT molecular complexity index is 1250. The van der Waals surface area contributed by atoms with Crippen LogP contribution in [0.4, 0.5) is 0 Å². The monoisotopic (exact) mass is 482 g/mol. The van der Waals surface area contributed by atoms with Gasteiger partial charge in [-0.2, -0.15) is 5.26 Å². The molecule has 0 N–H and O–H groups in total. The molecule has 5 rings (SSSR count). The minimum Gasteiger partial charge on any atom is -0.300 e. The van der Waals surface area contributed by atoms with Crippen molar-refractivity contribution < 1.29 is 18.0 Å². The average molecular weight is 483 g/mol. The fourth-order valence-corrected chi connectivity index (χ4v) is 7.57. The first-order valence-corrected chi connectivity index (χ1v) is 14.0. The summed E-state index contributed by atoms with van der Waals surface area (Å²) in [6, 6.07) is 7.48. The van der Waals surface area contributed by atoms with E-state index in [0.29, 0.717) is 34.9 Å². The zero-order valence-electron chi connectivity index (χ0n) is 18.3. The van der Waals surface area contributed by atoms with Gasteiger partial charge in [0.2, 0.25) is 0 Å². The SMILES string of the molecule is N#Cc1csc(CC(=O)[C@H](C[C@H]2CCC(=O)C2)c2ccc(S(=O)(=O)C3CC3)c(C3CC3)c2)n1. The van der Waals surface area contributed by atoms with Gasteiger partial charge in [-0.25, -0.2) is 13.4 Å². The molecule has 3 fully saturated rings. The quantitative estimate of drug-likeness (QED) is 0.522. The van der Waals surface area contributed by atoms with Crippen molar-refractivity contribution in [2.45, 2.75) is 79.8 Å². The summed E-state index contributed by atoms with van der Waals surface area (Å²) in [5.41, 5.74) is 2.01. The highest BCUT2D eigenvalue weighted by Crippen LogP contribution is 2.47. The molecule has 3 aliphatic carbocycles. The van der Waals surface area contributed by atoms with E-state index in [2.05, 4.69) is 4.98 Å². The molecule has 1 heterocycles. The van der Waals surface area contributed by atoms with Crippen LogP contribution in [-0.4, -0.2) is 30.2 Å². The van der Waals surface area contributed by atoms with Crippen molar-refractivity contribution in [2.24, 2.45) is 5.92 Å². The Morgan fingerprint density at radius 2 is 2.00 bits per heavy atom. The summed E-state index contributed by atoms with van der Waals surface area (Å²) in [6.07, 6.45) is 5.98. The molecule has 0 unspecified atom stereocenters. The minimum atomic E-state index is -3.31. The van der Waals surface area contributed by atoms with E-state index >= 15 is 0 Å². The van der Waals surface area contributed by atoms with E-state index in [-0.39, 0.29) is 35.1 Å². The first-order valence-electron chi connectivity index (χ1n) is 11.6. The standard InChI is InChI=1S/C25H26N2O4S2/c26-13-18-14-32-25(27-18)12-23(29)21(10-15-1-5-19(28)9-15)17-4-8-24(22(11-17)16-2-3-16)33(30,31)20-6-7-20/h4,8,11,14-16,20-21H,1-3,5-7,9-10,12H2/t15-,21+/m0/s1. The number of hydrogen-bond donors (Lipinski definition) is 0. The number of nitriles is 1. The van der Waals surface area contributed by atoms with Gasteiger partial charge in [-0.05, 0) is 67.6 Å². The Hall–Kier alpha value is -2.37. The summed E-state index contributed by atoms with van der Waals surface area (Å²) in [5.74, 6) is 0.249. The van der Waals surface area contributed by atoms with E-state index in [1.165, 1.54) is 11.3 Å². The van der Waals surface area contributed by atoms with Crippen LogP contribution in [0.2, 0.25) is 0 Å². The van der Waals surface area contributed by atoms with Crippen LogP contribution in [0.1, 0.15) is 85.0 Å². The van der Waals surface area contributed by atoms with Crippen LogP contribution in [0.3, 0.4) is 0 Å². The third-order valence-electron chi connectivity index (χ3n) is 7.02. The van der Waals surface area contributed by atoms with Crippen molar-refractivity contribution >= 4 is 32.7 Å². The van der Waals surface area contributed by atoms with Gasteiger partial charge in [0.05, 0.1) is 16.6 Å². The lowest BCUT2D eigenvalue weighted by Gasteiger charge is -2.21. The van der Waals surface area contributed by atoms with E-state index in [4.69, 9.17) is 5.26 Å². The number of carbonyl (C=O) groups excluding carboxylic acids is 2. The van der Waals surface area contributed by atoms with Crippen molar-refractivity contribution in [3.63, 3.8) is 0 Å². The van der Waals surface area contributed by atoms with Gasteiger partial charge < -0.3 is 0 Å². The van der Waals surface area contributed by atoms with Crippen LogP contribution in [-0.2, 0) is 25.8 Å². The summed E-state index contributed by atoms with van der Waals surface area (Å²) < 4.78 is 26.0. The lowest BCUT2D eigenvalue weighted by Crippen LogP contribution is -2.19. The van der Waals surface area contributed by atoms with Crippen LogP contribution in [0, 0.1) is 17.2 Å². The highest BCUT2D eigenvalue weighted by Gasteiger charge is 2.41. The molecule has 1 aromatic carbocycles. The molecule has 0 spiro atoms. The van der Waals surface area contributed by atoms with Crippen LogP contribution in [0.5, 0.6) is 0 Å². The predicted octanol–water partition coefficient (Wildman–Crippen LogP) is 4.48. The van der Waals surface area contributed by atoms with Gasteiger partial charge in [0.1, 0.15) is 22.6 Å². The summed E-state index contributed by atoms with van der Waals surface area (Å²) in [6.45, 7) is 0. The highest BCUT2D eigenvalue weighted by molar-refractivity contribution is 7.92. The fourth-order valence-electron chi connectivity index (χ4n) is 4.91. The van der Waals surface area contributed by atoms with Crippen molar-refractivity contribution in [2.75, 3.05) is 0 Å². The van der Waals surface area contributed by atoms with Crippen molar-refractivity contribution in [1.82, 2.24) is 4.98 Å². The number of rotatable bonds is 9. The molecule has 1 aromatic heterocycles. The second kappa shape index (κ2) is 8.77. The molecule has 0 radical (unpaired) electrons. The second-order valence-electron chi connectivity index (χ2n) is 9.63. The smallest absolute Gasteiger partial charge is 0.181 e. The molecule has 0 bridgehead atoms. The Labute approximate surface area is 198 Å². The van der Waals surface area contributed by atoms with E-state index < -0.39 is 15.8 Å². The zero-order chi connectivity index (χ0) is 23.2. The number of hydrogen-bond acceptors (Lipinski definition) is 7. The largest absolute Gasteiger partial charge is 0.300 e. The van der Waals surface area contributed by atoms with Crippen LogP contribution in [0.25, 0.3) is 0 Å².